The minimum absolute atomic E-state index is 0. The first-order chi connectivity index (χ1) is 4.46. The summed E-state index contributed by atoms with van der Waals surface area (Å²) >= 11 is 0. The fourth-order valence-electron chi connectivity index (χ4n) is 1.30. The number of nitrogens with one attached hydrogen (secondary N) is 1. The molecule has 1 fully saturated rings. The fraction of sp³-hybridized carbons (Fsp3) is 1.00. The van der Waals surface area contributed by atoms with Crippen molar-refractivity contribution in [2.75, 3.05) is 13.1 Å². The lowest BCUT2D eigenvalue weighted by molar-refractivity contribution is 0.0499. The van der Waals surface area contributed by atoms with E-state index in [2.05, 4.69) is 5.32 Å². The van der Waals surface area contributed by atoms with E-state index in [-0.39, 0.29) is 17.8 Å². The summed E-state index contributed by atoms with van der Waals surface area (Å²) in [5.74, 6) is 0. The number of halogens is 2. The maximum Gasteiger partial charge on any atom is 0.129 e. The van der Waals surface area contributed by atoms with E-state index >= 15 is 0 Å². The van der Waals surface area contributed by atoms with Gasteiger partial charge in [-0.15, -0.1) is 12.4 Å². The van der Waals surface area contributed by atoms with Gasteiger partial charge in [-0.3, -0.25) is 0 Å². The number of hydrogen-bond donors (Lipinski definition) is 1. The van der Waals surface area contributed by atoms with E-state index in [1.54, 1.807) is 0 Å². The Labute approximate surface area is 74.2 Å². The maximum atomic E-state index is 13.8. The lowest BCUT2D eigenvalue weighted by Gasteiger charge is -2.33. The normalized spacial score (nSPS) is 31.6. The zero-order chi connectivity index (χ0) is 7.83. The van der Waals surface area contributed by atoms with Crippen LogP contribution in [0.15, 0.2) is 0 Å². The van der Waals surface area contributed by atoms with Gasteiger partial charge in [-0.25, -0.2) is 4.39 Å². The van der Waals surface area contributed by atoms with Crippen LogP contribution in [0.25, 0.3) is 0 Å². The van der Waals surface area contributed by atoms with Crippen LogP contribution in [0.3, 0.4) is 0 Å². The van der Waals surface area contributed by atoms with Crippen molar-refractivity contribution >= 4 is 12.4 Å². The average Bonchev–Trinajstić information content (AvgIpc) is 2.13. The van der Waals surface area contributed by atoms with Crippen molar-refractivity contribution in [2.24, 2.45) is 5.41 Å². The first kappa shape index (κ1) is 11.2. The van der Waals surface area contributed by atoms with Crippen molar-refractivity contribution in [1.29, 1.82) is 0 Å². The largest absolute Gasteiger partial charge is 0.313 e. The standard InChI is InChI=1S/C8H16FN.ClH/c1-7(2,3)8(9)4-5-10-6-8;/h10H,4-6H2,1-3H3;1H. The van der Waals surface area contributed by atoms with Crippen molar-refractivity contribution in [3.63, 3.8) is 0 Å². The number of hydrogen-bond acceptors (Lipinski definition) is 1. The molecule has 1 nitrogen and oxygen atoms in total. The molecule has 0 bridgehead atoms. The number of rotatable bonds is 0. The third-order valence-electron chi connectivity index (χ3n) is 2.45. The van der Waals surface area contributed by atoms with E-state index in [0.29, 0.717) is 13.0 Å². The molecular weight excluding hydrogens is 165 g/mol. The molecule has 1 aliphatic heterocycles. The SMILES string of the molecule is CC(C)(C)C1(F)CCNC1.Cl. The third kappa shape index (κ3) is 2.06. The van der Waals surface area contributed by atoms with Crippen LogP contribution >= 0.6 is 12.4 Å². The smallest absolute Gasteiger partial charge is 0.129 e. The summed E-state index contributed by atoms with van der Waals surface area (Å²) in [6.45, 7) is 7.23. The molecule has 1 heterocycles. The molecule has 11 heavy (non-hydrogen) atoms. The monoisotopic (exact) mass is 181 g/mol. The summed E-state index contributed by atoms with van der Waals surface area (Å²) in [6, 6.07) is 0. The second-order valence-electron chi connectivity index (χ2n) is 4.14. The molecule has 0 aromatic carbocycles. The van der Waals surface area contributed by atoms with E-state index in [1.165, 1.54) is 0 Å². The Morgan fingerprint density at radius 2 is 1.91 bits per heavy atom. The first-order valence-electron chi connectivity index (χ1n) is 3.85. The molecule has 1 aliphatic rings. The quantitative estimate of drug-likeness (QED) is 0.604. The predicted molar refractivity (Wildman–Crippen MR) is 48.0 cm³/mol. The summed E-state index contributed by atoms with van der Waals surface area (Å²) < 4.78 is 13.8. The Morgan fingerprint density at radius 1 is 1.36 bits per heavy atom. The number of alkyl halides is 1. The van der Waals surface area contributed by atoms with Gasteiger partial charge in [0.15, 0.2) is 0 Å². The van der Waals surface area contributed by atoms with Crippen LogP contribution < -0.4 is 5.32 Å². The van der Waals surface area contributed by atoms with Gasteiger partial charge in [0.2, 0.25) is 0 Å². The Morgan fingerprint density at radius 3 is 2.09 bits per heavy atom. The molecule has 0 aliphatic carbocycles. The van der Waals surface area contributed by atoms with Crippen molar-refractivity contribution in [1.82, 2.24) is 5.32 Å². The molecule has 68 valence electrons. The topological polar surface area (TPSA) is 12.0 Å². The zero-order valence-corrected chi connectivity index (χ0v) is 8.22. The molecule has 0 amide bonds. The first-order valence-corrected chi connectivity index (χ1v) is 3.85. The highest BCUT2D eigenvalue weighted by Gasteiger charge is 2.44. The average molecular weight is 182 g/mol. The van der Waals surface area contributed by atoms with Gasteiger partial charge in [-0.05, 0) is 18.4 Å². The second-order valence-corrected chi connectivity index (χ2v) is 4.14. The molecule has 0 saturated carbocycles. The molecule has 1 rings (SSSR count). The van der Waals surface area contributed by atoms with E-state index in [1.807, 2.05) is 20.8 Å². The molecule has 0 spiro atoms. The highest BCUT2D eigenvalue weighted by atomic mass is 35.5. The van der Waals surface area contributed by atoms with E-state index in [0.717, 1.165) is 6.54 Å². The van der Waals surface area contributed by atoms with Crippen molar-refractivity contribution in [2.45, 2.75) is 32.9 Å². The van der Waals surface area contributed by atoms with Crippen LogP contribution in [0.5, 0.6) is 0 Å². The third-order valence-corrected chi connectivity index (χ3v) is 2.45. The van der Waals surface area contributed by atoms with Gasteiger partial charge in [-0.1, -0.05) is 20.8 Å². The van der Waals surface area contributed by atoms with Crippen molar-refractivity contribution < 1.29 is 4.39 Å². The van der Waals surface area contributed by atoms with E-state index in [4.69, 9.17) is 0 Å². The molecule has 1 unspecified atom stereocenters. The summed E-state index contributed by atoms with van der Waals surface area (Å²) in [4.78, 5) is 0. The van der Waals surface area contributed by atoms with Gasteiger partial charge in [-0.2, -0.15) is 0 Å². The molecule has 1 saturated heterocycles. The lowest BCUT2D eigenvalue weighted by Crippen LogP contribution is -2.40. The Balaban J connectivity index is 0.000001000. The van der Waals surface area contributed by atoms with Crippen LogP contribution in [0.4, 0.5) is 4.39 Å². The van der Waals surface area contributed by atoms with Crippen LogP contribution in [0.1, 0.15) is 27.2 Å². The van der Waals surface area contributed by atoms with Gasteiger partial charge in [0.25, 0.3) is 0 Å². The van der Waals surface area contributed by atoms with E-state index < -0.39 is 5.67 Å². The van der Waals surface area contributed by atoms with Gasteiger partial charge >= 0.3 is 0 Å². The highest BCUT2D eigenvalue weighted by molar-refractivity contribution is 5.85. The van der Waals surface area contributed by atoms with Crippen molar-refractivity contribution in [3.8, 4) is 0 Å². The highest BCUT2D eigenvalue weighted by Crippen LogP contribution is 2.38. The fourth-order valence-corrected chi connectivity index (χ4v) is 1.30. The molecule has 0 aromatic heterocycles. The molecule has 3 heteroatoms. The molecule has 0 radical (unpaired) electrons. The molecule has 0 aromatic rings. The van der Waals surface area contributed by atoms with E-state index in [9.17, 15) is 4.39 Å². The van der Waals surface area contributed by atoms with Crippen LogP contribution in [0, 0.1) is 5.41 Å². The minimum atomic E-state index is -0.979. The second kappa shape index (κ2) is 3.28. The van der Waals surface area contributed by atoms with Gasteiger partial charge < -0.3 is 5.32 Å². The van der Waals surface area contributed by atoms with Crippen LogP contribution in [-0.4, -0.2) is 18.8 Å². The molecule has 1 atom stereocenters. The van der Waals surface area contributed by atoms with Gasteiger partial charge in [0.05, 0.1) is 0 Å². The molecular formula is C8H17ClFN. The van der Waals surface area contributed by atoms with Crippen molar-refractivity contribution in [3.05, 3.63) is 0 Å². The van der Waals surface area contributed by atoms with Gasteiger partial charge in [0.1, 0.15) is 5.67 Å². The maximum absolute atomic E-state index is 13.8. The summed E-state index contributed by atoms with van der Waals surface area (Å²) in [5, 5.41) is 3.04. The lowest BCUT2D eigenvalue weighted by atomic mass is 9.77. The Bertz CT molecular complexity index is 125. The Hall–Kier alpha value is 0.180. The summed E-state index contributed by atoms with van der Waals surface area (Å²) in [6.07, 6.45) is 0.663. The van der Waals surface area contributed by atoms with Crippen LogP contribution in [0.2, 0.25) is 0 Å². The summed E-state index contributed by atoms with van der Waals surface area (Å²) in [5.41, 5.74) is -1.19. The predicted octanol–water partition coefficient (Wildman–Crippen LogP) is 2.16. The Kier molecular flexibility index (Phi) is 3.33. The minimum Gasteiger partial charge on any atom is -0.313 e. The molecule has 1 N–H and O–H groups in total. The zero-order valence-electron chi connectivity index (χ0n) is 7.41. The van der Waals surface area contributed by atoms with Crippen LogP contribution in [-0.2, 0) is 0 Å². The summed E-state index contributed by atoms with van der Waals surface area (Å²) in [7, 11) is 0. The van der Waals surface area contributed by atoms with Gasteiger partial charge in [0, 0.05) is 6.54 Å².